The monoisotopic (exact) mass is 286 g/mol. The topological polar surface area (TPSA) is 52.6 Å². The highest BCUT2D eigenvalue weighted by atomic mass is 16.6. The first-order valence-electron chi connectivity index (χ1n) is 7.38. The van der Waals surface area contributed by atoms with Crippen LogP contribution in [-0.4, -0.2) is 37.0 Å². The van der Waals surface area contributed by atoms with E-state index in [1.54, 1.807) is 0 Å². The molecule has 0 spiro atoms. The van der Waals surface area contributed by atoms with Crippen LogP contribution in [0.2, 0.25) is 0 Å². The molecule has 1 saturated heterocycles. The van der Waals surface area contributed by atoms with Gasteiger partial charge in [-0.3, -0.25) is 0 Å². The van der Waals surface area contributed by atoms with Crippen molar-refractivity contribution in [2.24, 2.45) is 0 Å². The molecule has 1 N–H and O–H groups in total. The van der Waals surface area contributed by atoms with E-state index in [0.29, 0.717) is 19.3 Å². The van der Waals surface area contributed by atoms with Gasteiger partial charge in [-0.1, -0.05) is 0 Å². The van der Waals surface area contributed by atoms with Crippen LogP contribution in [-0.2, 0) is 4.74 Å². The third kappa shape index (κ3) is 2.27. The standard InChI is InChI=1S/C16H18N2O3/c1-10-13(3-5-19-10)18-16-12-9-15-14(20-6-7-21-15)8-11(12)2-4-17-16/h2,4,8-10,13H,3,5-7H2,1H3,(H,17,18). The Balaban J connectivity index is 1.74. The average Bonchev–Trinajstić information content (AvgIpc) is 2.91. The minimum Gasteiger partial charge on any atom is -0.486 e. The van der Waals surface area contributed by atoms with Gasteiger partial charge >= 0.3 is 0 Å². The Labute approximate surface area is 123 Å². The van der Waals surface area contributed by atoms with Crippen molar-refractivity contribution in [2.45, 2.75) is 25.5 Å². The number of nitrogens with one attached hydrogen (secondary N) is 1. The summed E-state index contributed by atoms with van der Waals surface area (Å²) in [5.74, 6) is 2.48. The van der Waals surface area contributed by atoms with Crippen molar-refractivity contribution in [3.8, 4) is 11.5 Å². The number of nitrogens with zero attached hydrogens (tertiary/aromatic N) is 1. The Kier molecular flexibility index (Phi) is 3.07. The molecule has 21 heavy (non-hydrogen) atoms. The molecule has 2 aromatic rings. The molecule has 2 aliphatic rings. The van der Waals surface area contributed by atoms with Gasteiger partial charge in [-0.25, -0.2) is 4.98 Å². The second-order valence-corrected chi connectivity index (χ2v) is 5.49. The summed E-state index contributed by atoms with van der Waals surface area (Å²) in [5.41, 5.74) is 0. The summed E-state index contributed by atoms with van der Waals surface area (Å²) in [6, 6.07) is 6.33. The largest absolute Gasteiger partial charge is 0.486 e. The molecule has 2 unspecified atom stereocenters. The number of aromatic nitrogens is 1. The van der Waals surface area contributed by atoms with Gasteiger partial charge in [-0.15, -0.1) is 0 Å². The van der Waals surface area contributed by atoms with Gasteiger partial charge in [0.25, 0.3) is 0 Å². The van der Waals surface area contributed by atoms with Crippen LogP contribution in [0.25, 0.3) is 10.8 Å². The van der Waals surface area contributed by atoms with Crippen LogP contribution < -0.4 is 14.8 Å². The molecule has 1 aromatic carbocycles. The minimum absolute atomic E-state index is 0.208. The van der Waals surface area contributed by atoms with Crippen molar-refractivity contribution < 1.29 is 14.2 Å². The normalized spacial score (nSPS) is 24.2. The lowest BCUT2D eigenvalue weighted by atomic mass is 10.1. The molecular weight excluding hydrogens is 268 g/mol. The van der Waals surface area contributed by atoms with Crippen LogP contribution in [0.5, 0.6) is 11.5 Å². The Bertz CT molecular complexity index is 674. The van der Waals surface area contributed by atoms with Crippen LogP contribution in [0.4, 0.5) is 5.82 Å². The quantitative estimate of drug-likeness (QED) is 0.919. The molecule has 1 aromatic heterocycles. The van der Waals surface area contributed by atoms with Gasteiger partial charge in [-0.05, 0) is 36.9 Å². The highest BCUT2D eigenvalue weighted by molar-refractivity contribution is 5.94. The van der Waals surface area contributed by atoms with E-state index in [1.807, 2.05) is 24.4 Å². The third-order valence-electron chi connectivity index (χ3n) is 4.13. The first-order chi connectivity index (χ1) is 10.3. The number of ether oxygens (including phenoxy) is 3. The Morgan fingerprint density at radius 1 is 1.14 bits per heavy atom. The maximum Gasteiger partial charge on any atom is 0.162 e. The Morgan fingerprint density at radius 2 is 1.95 bits per heavy atom. The van der Waals surface area contributed by atoms with Crippen LogP contribution in [0.3, 0.4) is 0 Å². The van der Waals surface area contributed by atoms with Crippen molar-refractivity contribution in [1.82, 2.24) is 4.98 Å². The molecule has 0 radical (unpaired) electrons. The molecule has 2 atom stereocenters. The Morgan fingerprint density at radius 3 is 2.71 bits per heavy atom. The Hall–Kier alpha value is -2.01. The fourth-order valence-corrected chi connectivity index (χ4v) is 2.92. The van der Waals surface area contributed by atoms with E-state index >= 15 is 0 Å². The first-order valence-corrected chi connectivity index (χ1v) is 7.38. The van der Waals surface area contributed by atoms with Gasteiger partial charge in [0.1, 0.15) is 19.0 Å². The van der Waals surface area contributed by atoms with Crippen LogP contribution >= 0.6 is 0 Å². The van der Waals surface area contributed by atoms with Gasteiger partial charge in [0.05, 0.1) is 12.1 Å². The van der Waals surface area contributed by atoms with Crippen molar-refractivity contribution in [3.63, 3.8) is 0 Å². The minimum atomic E-state index is 0.208. The average molecular weight is 286 g/mol. The molecule has 2 aliphatic heterocycles. The van der Waals surface area contributed by atoms with Crippen LogP contribution in [0, 0.1) is 0 Å². The van der Waals surface area contributed by atoms with Gasteiger partial charge < -0.3 is 19.5 Å². The summed E-state index contributed by atoms with van der Waals surface area (Å²) in [4.78, 5) is 4.49. The molecule has 0 saturated carbocycles. The lowest BCUT2D eigenvalue weighted by Gasteiger charge is -2.21. The lowest BCUT2D eigenvalue weighted by Crippen LogP contribution is -2.27. The predicted molar refractivity (Wildman–Crippen MR) is 80.2 cm³/mol. The number of anilines is 1. The van der Waals surface area contributed by atoms with Crippen molar-refractivity contribution in [1.29, 1.82) is 0 Å². The van der Waals surface area contributed by atoms with E-state index < -0.39 is 0 Å². The predicted octanol–water partition coefficient (Wildman–Crippen LogP) is 2.60. The highest BCUT2D eigenvalue weighted by Gasteiger charge is 2.25. The highest BCUT2D eigenvalue weighted by Crippen LogP contribution is 2.37. The number of pyridine rings is 1. The molecule has 110 valence electrons. The van der Waals surface area contributed by atoms with E-state index in [4.69, 9.17) is 14.2 Å². The second kappa shape index (κ2) is 5.07. The maximum atomic E-state index is 5.67. The molecule has 5 nitrogen and oxygen atoms in total. The number of hydrogen-bond donors (Lipinski definition) is 1. The zero-order valence-corrected chi connectivity index (χ0v) is 12.0. The smallest absolute Gasteiger partial charge is 0.162 e. The molecule has 1 fully saturated rings. The van der Waals surface area contributed by atoms with E-state index in [1.165, 1.54) is 0 Å². The zero-order valence-electron chi connectivity index (χ0n) is 12.0. The van der Waals surface area contributed by atoms with Gasteiger partial charge in [-0.2, -0.15) is 0 Å². The summed E-state index contributed by atoms with van der Waals surface area (Å²) >= 11 is 0. The van der Waals surface area contributed by atoms with Crippen LogP contribution in [0.15, 0.2) is 24.4 Å². The van der Waals surface area contributed by atoms with Gasteiger partial charge in [0, 0.05) is 18.2 Å². The first kappa shape index (κ1) is 12.7. The SMILES string of the molecule is CC1OCCC1Nc1nccc2cc3c(cc12)OCCO3. The molecule has 5 heteroatoms. The zero-order chi connectivity index (χ0) is 14.2. The fourth-order valence-electron chi connectivity index (χ4n) is 2.92. The van der Waals surface area contributed by atoms with E-state index in [9.17, 15) is 0 Å². The summed E-state index contributed by atoms with van der Waals surface area (Å²) in [7, 11) is 0. The van der Waals surface area contributed by atoms with Crippen molar-refractivity contribution >= 4 is 16.6 Å². The number of rotatable bonds is 2. The van der Waals surface area contributed by atoms with Gasteiger partial charge in [0.15, 0.2) is 11.5 Å². The van der Waals surface area contributed by atoms with Crippen molar-refractivity contribution in [2.75, 3.05) is 25.1 Å². The van der Waals surface area contributed by atoms with E-state index in [0.717, 1.165) is 41.1 Å². The fraction of sp³-hybridized carbons (Fsp3) is 0.438. The van der Waals surface area contributed by atoms with Gasteiger partial charge in [0.2, 0.25) is 0 Å². The summed E-state index contributed by atoms with van der Waals surface area (Å²) < 4.78 is 16.9. The van der Waals surface area contributed by atoms with Crippen LogP contribution in [0.1, 0.15) is 13.3 Å². The maximum absolute atomic E-state index is 5.67. The second-order valence-electron chi connectivity index (χ2n) is 5.49. The number of hydrogen-bond acceptors (Lipinski definition) is 5. The number of fused-ring (bicyclic) bond motifs is 2. The van der Waals surface area contributed by atoms with E-state index in [-0.39, 0.29) is 6.10 Å². The van der Waals surface area contributed by atoms with E-state index in [2.05, 4.69) is 17.2 Å². The summed E-state index contributed by atoms with van der Waals surface area (Å²) in [5, 5.41) is 5.66. The third-order valence-corrected chi connectivity index (χ3v) is 4.13. The molecule has 4 rings (SSSR count). The summed E-state index contributed by atoms with van der Waals surface area (Å²) in [6.45, 7) is 4.09. The molecule has 0 bridgehead atoms. The van der Waals surface area contributed by atoms with Crippen molar-refractivity contribution in [3.05, 3.63) is 24.4 Å². The summed E-state index contributed by atoms with van der Waals surface area (Å²) in [6.07, 6.45) is 3.03. The number of benzene rings is 1. The molecule has 0 aliphatic carbocycles. The molecule has 0 amide bonds. The molecule has 3 heterocycles. The lowest BCUT2D eigenvalue weighted by molar-refractivity contribution is 0.121. The molecular formula is C16H18N2O3.